The zero-order valence-electron chi connectivity index (χ0n) is 11.4. The Morgan fingerprint density at radius 2 is 1.08 bits per heavy atom. The molecule has 0 rings (SSSR count). The molecule has 0 bridgehead atoms. The third kappa shape index (κ3) is 3.16. The van der Waals surface area contributed by atoms with Crippen LogP contribution in [-0.2, 0) is 15.0 Å². The van der Waals surface area contributed by atoms with Crippen LogP contribution in [0.2, 0.25) is 0 Å². The normalized spacial score (nSPS) is 16.3. The summed E-state index contributed by atoms with van der Waals surface area (Å²) in [4.78, 5) is 1.29. The summed E-state index contributed by atoms with van der Waals surface area (Å²) in [5.74, 6) is -15.8. The van der Waals surface area contributed by atoms with E-state index in [1.165, 1.54) is 4.94 Å². The lowest BCUT2D eigenvalue weighted by molar-refractivity contribution is -0.442. The third-order valence-electron chi connectivity index (χ3n) is 2.64. The number of sulfonamides is 1. The second kappa shape index (κ2) is 6.21. The van der Waals surface area contributed by atoms with Gasteiger partial charge < -0.3 is 0 Å². The van der Waals surface area contributed by atoms with Crippen molar-refractivity contribution in [2.24, 2.45) is 0 Å². The molecule has 0 aromatic carbocycles. The Bertz CT molecular complexity index is 625. The summed E-state index contributed by atoms with van der Waals surface area (Å²) in [5, 5.41) is -7.72. The number of halogens is 14. The van der Waals surface area contributed by atoms with E-state index in [1.807, 2.05) is 0 Å². The second-order valence-corrected chi connectivity index (χ2v) is 6.28. The van der Waals surface area contributed by atoms with Crippen LogP contribution in [0.4, 0.5) is 61.6 Å². The van der Waals surface area contributed by atoms with E-state index in [9.17, 15) is 70.0 Å². The van der Waals surface area contributed by atoms with Gasteiger partial charge in [-0.3, -0.25) is 0 Å². The largest absolute Gasteiger partial charge is 0.465 e. The number of hydrogen-bond donors (Lipinski definition) is 0. The molecule has 0 spiro atoms. The van der Waals surface area contributed by atoms with Crippen LogP contribution < -0.4 is 0 Å². The van der Waals surface area contributed by atoms with Crippen LogP contribution >= 0.6 is 0 Å². The molecule has 0 unspecified atom stereocenters. The van der Waals surface area contributed by atoms with Crippen molar-refractivity contribution >= 4 is 10.0 Å². The van der Waals surface area contributed by atoms with Gasteiger partial charge in [0.05, 0.1) is 0 Å². The fraction of sp³-hybridized carbons (Fsp3) is 1.00. The summed E-state index contributed by atoms with van der Waals surface area (Å²) in [7, 11) is -9.15. The van der Waals surface area contributed by atoms with E-state index in [0.717, 1.165) is 0 Å². The van der Waals surface area contributed by atoms with Crippen molar-refractivity contribution in [2.75, 3.05) is 7.05 Å². The quantitative estimate of drug-likeness (QED) is 0.441. The fourth-order valence-corrected chi connectivity index (χ4v) is 2.28. The lowest BCUT2D eigenvalue weighted by Gasteiger charge is -2.37. The van der Waals surface area contributed by atoms with E-state index >= 15 is 0 Å². The van der Waals surface area contributed by atoms with Crippen LogP contribution in [0, 0.1) is 0 Å². The second-order valence-electron chi connectivity index (χ2n) is 4.27. The predicted octanol–water partition coefficient (Wildman–Crippen LogP) is 3.76. The molecule has 0 heterocycles. The van der Waals surface area contributed by atoms with Crippen LogP contribution in [0.3, 0.4) is 0 Å². The van der Waals surface area contributed by atoms with Crippen molar-refractivity contribution in [2.45, 2.75) is 35.4 Å². The average molecular weight is 447 g/mol. The van der Waals surface area contributed by atoms with E-state index in [0.29, 0.717) is 0 Å². The molecule has 158 valence electrons. The minimum Gasteiger partial charge on any atom is -0.205 e. The number of alkyl halides is 13. The molecule has 0 aromatic heterocycles. The van der Waals surface area contributed by atoms with Gasteiger partial charge in [0.25, 0.3) is 10.0 Å². The van der Waals surface area contributed by atoms with E-state index in [-0.39, 0.29) is 0 Å². The molecule has 0 aliphatic heterocycles. The molecule has 0 aromatic rings. The van der Waals surface area contributed by atoms with Crippen molar-refractivity contribution in [1.82, 2.24) is 4.31 Å². The van der Waals surface area contributed by atoms with E-state index in [1.54, 1.807) is 0 Å². The van der Waals surface area contributed by atoms with Gasteiger partial charge in [-0.15, -0.1) is 9.25 Å². The van der Waals surface area contributed by atoms with Crippen molar-refractivity contribution < 1.29 is 75.0 Å². The molecule has 0 radical (unpaired) electrons. The van der Waals surface area contributed by atoms with Crippen molar-refractivity contribution in [1.29, 1.82) is 0 Å². The molecule has 4 nitrogen and oxygen atoms in total. The van der Waals surface area contributed by atoms with Gasteiger partial charge in [-0.1, -0.05) is 0 Å². The van der Waals surface area contributed by atoms with Gasteiger partial charge in [-0.05, 0) is 4.53 Å². The Kier molecular flexibility index (Phi) is 5.95. The minimum absolute atomic E-state index is 1.06. The molecule has 0 N–H and O–H groups in total. The molecular weight excluding hydrogens is 444 g/mol. The predicted molar refractivity (Wildman–Crippen MR) is 49.7 cm³/mol. The van der Waals surface area contributed by atoms with Crippen LogP contribution in [0.5, 0.6) is 0 Å². The number of likely N-dealkylation sites (N-methyl/N-ethyl adjacent to an activating group) is 1. The standard InChI is InChI=1S/C7H3F14NO3S/c1-22(5(15,16)6(17,18)25-21)26(23,24)7(19,20)3(10,11)2(8,9)4(12,13)14/h1H3. The minimum atomic E-state index is -8.10. The number of nitrogens with zero attached hydrogens (tertiary/aromatic N) is 1. The summed E-state index contributed by atoms with van der Waals surface area (Å²) < 4.78 is 194. The van der Waals surface area contributed by atoms with Gasteiger partial charge in [0, 0.05) is 7.05 Å². The van der Waals surface area contributed by atoms with Crippen LogP contribution in [0.15, 0.2) is 0 Å². The van der Waals surface area contributed by atoms with Gasteiger partial charge in [0.2, 0.25) is 0 Å². The van der Waals surface area contributed by atoms with Crippen molar-refractivity contribution in [3.8, 4) is 0 Å². The highest BCUT2D eigenvalue weighted by atomic mass is 32.2. The summed E-state index contributed by atoms with van der Waals surface area (Å²) in [6.45, 7) is 0. The average Bonchev–Trinajstić information content (AvgIpc) is 2.44. The molecule has 0 aliphatic rings. The van der Waals surface area contributed by atoms with Gasteiger partial charge in [-0.25, -0.2) is 8.42 Å². The van der Waals surface area contributed by atoms with E-state index in [4.69, 9.17) is 0 Å². The van der Waals surface area contributed by atoms with E-state index in [2.05, 4.69) is 0 Å². The summed E-state index contributed by atoms with van der Waals surface area (Å²) in [6.07, 6.45) is -14.1. The molecule has 19 heteroatoms. The Balaban J connectivity index is 6.46. The first-order valence-corrected chi connectivity index (χ1v) is 6.65. The first-order chi connectivity index (χ1) is 11.0. The molecule has 0 fully saturated rings. The van der Waals surface area contributed by atoms with Crippen molar-refractivity contribution in [3.05, 3.63) is 0 Å². The van der Waals surface area contributed by atoms with Gasteiger partial charge in [-0.2, -0.15) is 57.1 Å². The monoisotopic (exact) mass is 447 g/mol. The Morgan fingerprint density at radius 3 is 1.35 bits per heavy atom. The Morgan fingerprint density at radius 1 is 0.731 bits per heavy atom. The highest BCUT2D eigenvalue weighted by Gasteiger charge is 2.87. The Labute approximate surface area is 133 Å². The fourth-order valence-electron chi connectivity index (χ4n) is 1.08. The lowest BCUT2D eigenvalue weighted by Crippen LogP contribution is -2.67. The summed E-state index contributed by atoms with van der Waals surface area (Å²) >= 11 is 0. The van der Waals surface area contributed by atoms with Crippen LogP contribution in [0.25, 0.3) is 0 Å². The molecule has 0 amide bonds. The molecule has 0 saturated carbocycles. The Hall–Kier alpha value is -1.11. The van der Waals surface area contributed by atoms with E-state index < -0.39 is 56.8 Å². The van der Waals surface area contributed by atoms with Crippen molar-refractivity contribution in [3.63, 3.8) is 0 Å². The van der Waals surface area contributed by atoms with Gasteiger partial charge in [0.15, 0.2) is 0 Å². The summed E-state index contributed by atoms with van der Waals surface area (Å²) in [5.41, 5.74) is 0. The lowest BCUT2D eigenvalue weighted by atomic mass is 10.1. The zero-order valence-corrected chi connectivity index (χ0v) is 12.2. The third-order valence-corrected chi connectivity index (χ3v) is 4.50. The first kappa shape index (κ1) is 24.9. The number of hydrogen-bond acceptors (Lipinski definition) is 3. The molecule has 26 heavy (non-hydrogen) atoms. The summed E-state index contributed by atoms with van der Waals surface area (Å²) in [6, 6.07) is -6.76. The van der Waals surface area contributed by atoms with Gasteiger partial charge in [0.1, 0.15) is 0 Å². The first-order valence-electron chi connectivity index (χ1n) is 5.21. The molecular formula is C7H3F14NO3S. The SMILES string of the molecule is CN(C(F)(F)C(F)(F)OF)S(=O)(=O)C(F)(F)C(F)(F)C(F)(F)C(F)(F)F. The topological polar surface area (TPSA) is 46.6 Å². The highest BCUT2D eigenvalue weighted by Crippen LogP contribution is 2.56. The molecule has 0 aliphatic carbocycles. The highest BCUT2D eigenvalue weighted by molar-refractivity contribution is 7.90. The smallest absolute Gasteiger partial charge is 0.205 e. The van der Waals surface area contributed by atoms with Crippen LogP contribution in [-0.4, -0.2) is 55.2 Å². The maximum atomic E-state index is 13.2. The molecule has 0 atom stereocenters. The maximum absolute atomic E-state index is 13.2. The van der Waals surface area contributed by atoms with Crippen LogP contribution in [0.1, 0.15) is 0 Å². The number of rotatable bonds is 7. The maximum Gasteiger partial charge on any atom is 0.465 e. The zero-order chi connectivity index (χ0) is 21.8. The van der Waals surface area contributed by atoms with Gasteiger partial charge >= 0.3 is 35.4 Å². The molecule has 0 saturated heterocycles.